The van der Waals surface area contributed by atoms with Crippen LogP contribution >= 0.6 is 0 Å². The molecule has 2 aromatic rings. The van der Waals surface area contributed by atoms with E-state index in [0.717, 1.165) is 43.7 Å². The molecule has 7 heteroatoms. The van der Waals surface area contributed by atoms with E-state index in [2.05, 4.69) is 24.1 Å². The Kier molecular flexibility index (Phi) is 7.50. The van der Waals surface area contributed by atoms with Gasteiger partial charge in [-0.1, -0.05) is 12.1 Å². The molecule has 2 aromatic carbocycles. The Bertz CT molecular complexity index is 946. The first-order valence-electron chi connectivity index (χ1n) is 11.8. The summed E-state index contributed by atoms with van der Waals surface area (Å²) in [5.41, 5.74) is 2.30. The molecular formula is C26H33N3O4. The highest BCUT2D eigenvalue weighted by Gasteiger charge is 2.29. The maximum absolute atomic E-state index is 12.8. The molecule has 2 atom stereocenters. The van der Waals surface area contributed by atoms with Crippen molar-refractivity contribution < 1.29 is 19.1 Å². The van der Waals surface area contributed by atoms with Gasteiger partial charge in [-0.05, 0) is 69.5 Å². The van der Waals surface area contributed by atoms with Gasteiger partial charge < -0.3 is 24.6 Å². The lowest BCUT2D eigenvalue weighted by atomic mass is 9.97. The van der Waals surface area contributed by atoms with Crippen LogP contribution in [0.5, 0.6) is 5.75 Å². The summed E-state index contributed by atoms with van der Waals surface area (Å²) in [6.45, 7) is 7.16. The summed E-state index contributed by atoms with van der Waals surface area (Å²) in [4.78, 5) is 29.7. The standard InChI is InChI=1S/C26H33N3O4/c1-19-6-5-7-20(2)29(19)25(30)18-33-22-12-10-21(11-13-22)26(31)27-23-8-3-4-9-24(23)28-14-16-32-17-15-28/h3-4,8-13,19-20H,5-7,14-18H2,1-2H3,(H,27,31)/t19-,20-/m0/s1. The molecule has 0 saturated carbocycles. The Morgan fingerprint density at radius 3 is 2.36 bits per heavy atom. The van der Waals surface area contributed by atoms with Crippen LogP contribution in [-0.4, -0.2) is 61.7 Å². The van der Waals surface area contributed by atoms with Crippen molar-refractivity contribution >= 4 is 23.2 Å². The van der Waals surface area contributed by atoms with Crippen LogP contribution in [0.25, 0.3) is 0 Å². The Labute approximate surface area is 195 Å². The Morgan fingerprint density at radius 1 is 1.00 bits per heavy atom. The number of hydrogen-bond donors (Lipinski definition) is 1. The minimum Gasteiger partial charge on any atom is -0.484 e. The van der Waals surface area contributed by atoms with Crippen molar-refractivity contribution in [1.82, 2.24) is 4.90 Å². The molecule has 2 aliphatic rings. The number of para-hydroxylation sites is 2. The molecule has 0 unspecified atom stereocenters. The number of nitrogens with zero attached hydrogens (tertiary/aromatic N) is 2. The van der Waals surface area contributed by atoms with Crippen LogP contribution in [0.4, 0.5) is 11.4 Å². The summed E-state index contributed by atoms with van der Waals surface area (Å²) in [5, 5.41) is 3.02. The van der Waals surface area contributed by atoms with E-state index in [9.17, 15) is 9.59 Å². The largest absolute Gasteiger partial charge is 0.484 e. The minimum atomic E-state index is -0.186. The van der Waals surface area contributed by atoms with Crippen LogP contribution in [0.2, 0.25) is 0 Å². The van der Waals surface area contributed by atoms with Crippen LogP contribution in [0, 0.1) is 0 Å². The van der Waals surface area contributed by atoms with E-state index < -0.39 is 0 Å². The molecule has 33 heavy (non-hydrogen) atoms. The van der Waals surface area contributed by atoms with Gasteiger partial charge in [0, 0.05) is 30.7 Å². The molecule has 2 fully saturated rings. The van der Waals surface area contributed by atoms with Gasteiger partial charge in [-0.15, -0.1) is 0 Å². The van der Waals surface area contributed by atoms with Crippen LogP contribution in [-0.2, 0) is 9.53 Å². The number of likely N-dealkylation sites (tertiary alicyclic amines) is 1. The maximum atomic E-state index is 12.8. The van der Waals surface area contributed by atoms with Crippen molar-refractivity contribution in [2.45, 2.75) is 45.2 Å². The van der Waals surface area contributed by atoms with Gasteiger partial charge in [-0.25, -0.2) is 0 Å². The lowest BCUT2D eigenvalue weighted by molar-refractivity contribution is -0.139. The summed E-state index contributed by atoms with van der Waals surface area (Å²) in [6.07, 6.45) is 3.23. The van der Waals surface area contributed by atoms with E-state index in [-0.39, 0.29) is 30.5 Å². The second-order valence-corrected chi connectivity index (χ2v) is 8.81. The molecule has 0 aromatic heterocycles. The molecule has 2 heterocycles. The third-order valence-electron chi connectivity index (χ3n) is 6.46. The van der Waals surface area contributed by atoms with Crippen molar-refractivity contribution in [2.24, 2.45) is 0 Å². The van der Waals surface area contributed by atoms with Gasteiger partial charge >= 0.3 is 0 Å². The molecule has 0 spiro atoms. The van der Waals surface area contributed by atoms with E-state index in [0.29, 0.717) is 24.5 Å². The average Bonchev–Trinajstić information content (AvgIpc) is 2.84. The lowest BCUT2D eigenvalue weighted by Gasteiger charge is -2.38. The summed E-state index contributed by atoms with van der Waals surface area (Å²) in [7, 11) is 0. The molecule has 0 bridgehead atoms. The third kappa shape index (κ3) is 5.66. The fourth-order valence-corrected chi connectivity index (χ4v) is 4.69. The zero-order chi connectivity index (χ0) is 23.2. The number of hydrogen-bond acceptors (Lipinski definition) is 5. The van der Waals surface area contributed by atoms with Gasteiger partial charge in [0.25, 0.3) is 11.8 Å². The number of anilines is 2. The highest BCUT2D eigenvalue weighted by atomic mass is 16.5. The van der Waals surface area contributed by atoms with Crippen LogP contribution < -0.4 is 15.0 Å². The smallest absolute Gasteiger partial charge is 0.260 e. The topological polar surface area (TPSA) is 71.1 Å². The molecule has 0 radical (unpaired) electrons. The summed E-state index contributed by atoms with van der Waals surface area (Å²) in [6, 6.07) is 15.2. The Hall–Kier alpha value is -3.06. The van der Waals surface area contributed by atoms with Crippen LogP contribution in [0.3, 0.4) is 0 Å². The highest BCUT2D eigenvalue weighted by Crippen LogP contribution is 2.27. The number of rotatable bonds is 6. The van der Waals surface area contributed by atoms with Crippen molar-refractivity contribution in [3.63, 3.8) is 0 Å². The predicted octanol–water partition coefficient (Wildman–Crippen LogP) is 3.94. The quantitative estimate of drug-likeness (QED) is 0.720. The Morgan fingerprint density at radius 2 is 1.67 bits per heavy atom. The fraction of sp³-hybridized carbons (Fsp3) is 0.462. The van der Waals surface area contributed by atoms with Gasteiger partial charge in [0.1, 0.15) is 5.75 Å². The molecule has 176 valence electrons. The van der Waals surface area contributed by atoms with E-state index in [1.54, 1.807) is 24.3 Å². The fourth-order valence-electron chi connectivity index (χ4n) is 4.69. The molecule has 2 saturated heterocycles. The summed E-state index contributed by atoms with van der Waals surface area (Å²) < 4.78 is 11.2. The number of morpholine rings is 1. The zero-order valence-electron chi connectivity index (χ0n) is 19.5. The number of carbonyl (C=O) groups excluding carboxylic acids is 2. The van der Waals surface area contributed by atoms with Crippen LogP contribution in [0.1, 0.15) is 43.5 Å². The SMILES string of the molecule is C[C@H]1CCC[C@H](C)N1C(=O)COc1ccc(C(=O)Nc2ccccc2N2CCOCC2)cc1. The highest BCUT2D eigenvalue weighted by molar-refractivity contribution is 6.06. The predicted molar refractivity (Wildman–Crippen MR) is 129 cm³/mol. The first-order chi connectivity index (χ1) is 16.0. The van der Waals surface area contributed by atoms with Crippen molar-refractivity contribution in [2.75, 3.05) is 43.1 Å². The van der Waals surface area contributed by atoms with Crippen molar-refractivity contribution in [3.05, 3.63) is 54.1 Å². The Balaban J connectivity index is 1.35. The number of nitrogens with one attached hydrogen (secondary N) is 1. The number of piperidine rings is 1. The first-order valence-corrected chi connectivity index (χ1v) is 11.8. The van der Waals surface area contributed by atoms with Crippen molar-refractivity contribution in [3.8, 4) is 5.75 Å². The van der Waals surface area contributed by atoms with Gasteiger partial charge in [0.2, 0.25) is 0 Å². The first kappa shape index (κ1) is 23.1. The average molecular weight is 452 g/mol. The number of benzene rings is 2. The van der Waals surface area contributed by atoms with Crippen LogP contribution in [0.15, 0.2) is 48.5 Å². The number of ether oxygens (including phenoxy) is 2. The van der Waals surface area contributed by atoms with E-state index >= 15 is 0 Å². The van der Waals surface area contributed by atoms with Gasteiger partial charge in [0.15, 0.2) is 6.61 Å². The third-order valence-corrected chi connectivity index (χ3v) is 6.46. The second-order valence-electron chi connectivity index (χ2n) is 8.81. The van der Waals surface area contributed by atoms with Crippen molar-refractivity contribution in [1.29, 1.82) is 0 Å². The second kappa shape index (κ2) is 10.7. The van der Waals surface area contributed by atoms with Gasteiger partial charge in [-0.2, -0.15) is 0 Å². The van der Waals surface area contributed by atoms with E-state index in [4.69, 9.17) is 9.47 Å². The molecule has 0 aliphatic carbocycles. The molecule has 4 rings (SSSR count). The molecular weight excluding hydrogens is 418 g/mol. The van der Waals surface area contributed by atoms with Gasteiger partial charge in [0.05, 0.1) is 24.6 Å². The van der Waals surface area contributed by atoms with Gasteiger partial charge in [-0.3, -0.25) is 9.59 Å². The minimum absolute atomic E-state index is 0.00709. The maximum Gasteiger partial charge on any atom is 0.260 e. The van der Waals surface area contributed by atoms with E-state index in [1.165, 1.54) is 0 Å². The van der Waals surface area contributed by atoms with E-state index in [1.807, 2.05) is 29.2 Å². The molecule has 2 aliphatic heterocycles. The molecule has 7 nitrogen and oxygen atoms in total. The number of amides is 2. The normalized spacial score (nSPS) is 20.9. The number of carbonyl (C=O) groups is 2. The summed E-state index contributed by atoms with van der Waals surface area (Å²) >= 11 is 0. The molecule has 1 N–H and O–H groups in total. The molecule has 2 amide bonds. The zero-order valence-corrected chi connectivity index (χ0v) is 19.5. The monoisotopic (exact) mass is 451 g/mol. The lowest BCUT2D eigenvalue weighted by Crippen LogP contribution is -2.49. The summed E-state index contributed by atoms with van der Waals surface area (Å²) in [5.74, 6) is 0.400.